The van der Waals surface area contributed by atoms with Gasteiger partial charge in [-0.15, -0.1) is 0 Å². The van der Waals surface area contributed by atoms with Crippen molar-refractivity contribution in [1.82, 2.24) is 4.90 Å². The number of amides is 1. The van der Waals surface area contributed by atoms with Crippen LogP contribution < -0.4 is 9.47 Å². The number of aliphatic carboxylic acids is 1. The lowest BCUT2D eigenvalue weighted by Gasteiger charge is -2.14. The predicted octanol–water partition coefficient (Wildman–Crippen LogP) is 4.17. The molecule has 0 bridgehead atoms. The van der Waals surface area contributed by atoms with E-state index in [-0.39, 0.29) is 5.91 Å². The molecule has 2 aromatic rings. The molecule has 0 atom stereocenters. The lowest BCUT2D eigenvalue weighted by atomic mass is 10.2. The van der Waals surface area contributed by atoms with E-state index in [1.807, 2.05) is 31.2 Å². The number of carboxylic acid groups (broad SMARTS) is 1. The van der Waals surface area contributed by atoms with Crippen molar-refractivity contribution < 1.29 is 24.2 Å². The second-order valence-electron chi connectivity index (χ2n) is 6.41. The molecule has 1 aliphatic rings. The topological polar surface area (TPSA) is 88.4 Å². The first-order chi connectivity index (χ1) is 14.5. The van der Waals surface area contributed by atoms with Crippen molar-refractivity contribution in [1.29, 1.82) is 0 Å². The fourth-order valence-electron chi connectivity index (χ4n) is 2.74. The summed E-state index contributed by atoms with van der Waals surface area (Å²) in [7, 11) is 1.61. The van der Waals surface area contributed by atoms with Gasteiger partial charge in [0.05, 0.1) is 17.7 Å². The third kappa shape index (κ3) is 5.42. The van der Waals surface area contributed by atoms with Crippen LogP contribution in [0, 0.1) is 0 Å². The maximum Gasteiger partial charge on any atom is 0.341 e. The van der Waals surface area contributed by atoms with Crippen LogP contribution in [0.25, 0.3) is 6.08 Å². The number of thioether (sulfide) groups is 1. The third-order valence-electron chi connectivity index (χ3n) is 4.17. The van der Waals surface area contributed by atoms with Crippen molar-refractivity contribution >= 4 is 40.6 Å². The number of aliphatic imine (C=N–C) groups is 1. The van der Waals surface area contributed by atoms with E-state index in [2.05, 4.69) is 4.99 Å². The first-order valence-corrected chi connectivity index (χ1v) is 10.2. The zero-order valence-electron chi connectivity index (χ0n) is 16.7. The van der Waals surface area contributed by atoms with Gasteiger partial charge in [-0.3, -0.25) is 9.69 Å². The molecule has 7 nitrogen and oxygen atoms in total. The normalized spacial score (nSPS) is 16.3. The SMILES string of the molecule is CCCN1C(=O)/C(=C/c2ccc(OCC(=O)O)cc2)SC1=Nc1ccc(OC)cc1. The van der Waals surface area contributed by atoms with Gasteiger partial charge in [0.25, 0.3) is 5.91 Å². The van der Waals surface area contributed by atoms with Crippen LogP contribution in [0.5, 0.6) is 11.5 Å². The number of hydrogen-bond donors (Lipinski definition) is 1. The highest BCUT2D eigenvalue weighted by Crippen LogP contribution is 2.34. The van der Waals surface area contributed by atoms with Crippen LogP contribution in [0.4, 0.5) is 5.69 Å². The number of carbonyl (C=O) groups is 2. The van der Waals surface area contributed by atoms with Gasteiger partial charge in [-0.05, 0) is 66.2 Å². The highest BCUT2D eigenvalue weighted by atomic mass is 32.2. The molecule has 156 valence electrons. The molecule has 2 aromatic carbocycles. The molecule has 1 heterocycles. The van der Waals surface area contributed by atoms with Crippen molar-refractivity contribution in [3.8, 4) is 11.5 Å². The Labute approximate surface area is 179 Å². The summed E-state index contributed by atoms with van der Waals surface area (Å²) in [5.41, 5.74) is 1.56. The Balaban J connectivity index is 1.80. The summed E-state index contributed by atoms with van der Waals surface area (Å²) in [6, 6.07) is 14.3. The van der Waals surface area contributed by atoms with E-state index < -0.39 is 12.6 Å². The highest BCUT2D eigenvalue weighted by Gasteiger charge is 2.32. The summed E-state index contributed by atoms with van der Waals surface area (Å²) in [4.78, 5) is 30.4. The van der Waals surface area contributed by atoms with Gasteiger partial charge in [0.2, 0.25) is 0 Å². The molecule has 1 aliphatic heterocycles. The Kier molecular flexibility index (Phi) is 7.13. The summed E-state index contributed by atoms with van der Waals surface area (Å²) in [5.74, 6) is 0.0874. The van der Waals surface area contributed by atoms with Crippen LogP contribution >= 0.6 is 11.8 Å². The predicted molar refractivity (Wildman–Crippen MR) is 117 cm³/mol. The zero-order valence-corrected chi connectivity index (χ0v) is 17.5. The number of methoxy groups -OCH3 is 1. The van der Waals surface area contributed by atoms with Gasteiger partial charge < -0.3 is 14.6 Å². The largest absolute Gasteiger partial charge is 0.497 e. The number of ether oxygens (including phenoxy) is 2. The fraction of sp³-hybridized carbons (Fsp3) is 0.227. The number of carboxylic acids is 1. The van der Waals surface area contributed by atoms with E-state index in [4.69, 9.17) is 14.6 Å². The molecule has 0 unspecified atom stereocenters. The quantitative estimate of drug-likeness (QED) is 0.638. The molecular formula is C22H22N2O5S. The molecule has 1 N–H and O–H groups in total. The Morgan fingerprint density at radius 1 is 1.13 bits per heavy atom. The molecule has 1 amide bonds. The van der Waals surface area contributed by atoms with Crippen LogP contribution in [-0.4, -0.2) is 47.3 Å². The van der Waals surface area contributed by atoms with Gasteiger partial charge in [-0.2, -0.15) is 0 Å². The minimum absolute atomic E-state index is 0.0830. The molecule has 0 aliphatic carbocycles. The highest BCUT2D eigenvalue weighted by molar-refractivity contribution is 8.18. The monoisotopic (exact) mass is 426 g/mol. The Morgan fingerprint density at radius 2 is 1.80 bits per heavy atom. The Morgan fingerprint density at radius 3 is 2.40 bits per heavy atom. The molecule has 0 aromatic heterocycles. The average molecular weight is 426 g/mol. The summed E-state index contributed by atoms with van der Waals surface area (Å²) in [5, 5.41) is 9.32. The number of amidine groups is 1. The smallest absolute Gasteiger partial charge is 0.341 e. The van der Waals surface area contributed by atoms with E-state index >= 15 is 0 Å². The number of nitrogens with zero attached hydrogens (tertiary/aromatic N) is 2. The van der Waals surface area contributed by atoms with Crippen LogP contribution in [-0.2, 0) is 9.59 Å². The van der Waals surface area contributed by atoms with Gasteiger partial charge in [0, 0.05) is 6.54 Å². The summed E-state index contributed by atoms with van der Waals surface area (Å²) < 4.78 is 10.3. The fourth-order valence-corrected chi connectivity index (χ4v) is 3.76. The van der Waals surface area contributed by atoms with Crippen LogP contribution in [0.2, 0.25) is 0 Å². The molecular weight excluding hydrogens is 404 g/mol. The van der Waals surface area contributed by atoms with Crippen molar-refractivity contribution in [3.63, 3.8) is 0 Å². The molecule has 0 spiro atoms. The van der Waals surface area contributed by atoms with E-state index in [9.17, 15) is 9.59 Å². The Bertz CT molecular complexity index is 968. The van der Waals surface area contributed by atoms with Crippen molar-refractivity contribution in [2.24, 2.45) is 4.99 Å². The number of benzene rings is 2. The van der Waals surface area contributed by atoms with Gasteiger partial charge in [0.1, 0.15) is 11.5 Å². The van der Waals surface area contributed by atoms with Crippen LogP contribution in [0.15, 0.2) is 58.4 Å². The standard InChI is InChI=1S/C22H22N2O5S/c1-3-12-24-21(27)19(13-15-4-8-18(9-5-15)29-14-20(25)26)30-22(24)23-16-6-10-17(28-2)11-7-16/h4-11,13H,3,12,14H2,1-2H3,(H,25,26)/b19-13-,23-22?. The molecule has 0 radical (unpaired) electrons. The molecule has 3 rings (SSSR count). The summed E-state index contributed by atoms with van der Waals surface area (Å²) in [6.07, 6.45) is 2.62. The second-order valence-corrected chi connectivity index (χ2v) is 7.42. The molecule has 1 saturated heterocycles. The molecule has 8 heteroatoms. The van der Waals surface area contributed by atoms with E-state index in [0.717, 1.165) is 23.4 Å². The lowest BCUT2D eigenvalue weighted by molar-refractivity contribution is -0.139. The average Bonchev–Trinajstić information content (AvgIpc) is 3.03. The maximum atomic E-state index is 12.9. The van der Waals surface area contributed by atoms with Crippen molar-refractivity contribution in [2.45, 2.75) is 13.3 Å². The maximum absolute atomic E-state index is 12.9. The second kappa shape index (κ2) is 9.98. The first kappa shape index (κ1) is 21.4. The minimum Gasteiger partial charge on any atom is -0.497 e. The van der Waals surface area contributed by atoms with Crippen molar-refractivity contribution in [2.75, 3.05) is 20.3 Å². The first-order valence-electron chi connectivity index (χ1n) is 9.39. The van der Waals surface area contributed by atoms with E-state index in [0.29, 0.717) is 22.4 Å². The molecule has 1 fully saturated rings. The van der Waals surface area contributed by atoms with Crippen molar-refractivity contribution in [3.05, 3.63) is 59.0 Å². The van der Waals surface area contributed by atoms with Gasteiger partial charge >= 0.3 is 5.97 Å². The number of carbonyl (C=O) groups excluding carboxylic acids is 1. The number of hydrogen-bond acceptors (Lipinski definition) is 6. The third-order valence-corrected chi connectivity index (χ3v) is 5.18. The van der Waals surface area contributed by atoms with E-state index in [1.165, 1.54) is 11.8 Å². The Hall–Kier alpha value is -3.26. The minimum atomic E-state index is -1.03. The molecule has 0 saturated carbocycles. The summed E-state index contributed by atoms with van der Waals surface area (Å²) >= 11 is 1.33. The lowest BCUT2D eigenvalue weighted by Crippen LogP contribution is -2.29. The van der Waals surface area contributed by atoms with Gasteiger partial charge in [-0.1, -0.05) is 19.1 Å². The summed E-state index contributed by atoms with van der Waals surface area (Å²) in [6.45, 7) is 2.20. The molecule has 30 heavy (non-hydrogen) atoms. The number of rotatable bonds is 8. The zero-order chi connectivity index (χ0) is 21.5. The van der Waals surface area contributed by atoms with Crippen LogP contribution in [0.1, 0.15) is 18.9 Å². The van der Waals surface area contributed by atoms with Gasteiger partial charge in [0.15, 0.2) is 11.8 Å². The van der Waals surface area contributed by atoms with Crippen LogP contribution in [0.3, 0.4) is 0 Å². The van der Waals surface area contributed by atoms with E-state index in [1.54, 1.807) is 42.4 Å². The van der Waals surface area contributed by atoms with Gasteiger partial charge in [-0.25, -0.2) is 9.79 Å².